The van der Waals surface area contributed by atoms with Crippen LogP contribution in [-0.4, -0.2) is 25.0 Å². The van der Waals surface area contributed by atoms with Crippen molar-refractivity contribution in [2.75, 3.05) is 14.1 Å². The molecule has 0 aliphatic carbocycles. The van der Waals surface area contributed by atoms with Gasteiger partial charge in [0.2, 0.25) is 0 Å². The SMILES string of the molecule is CC(CC(C)(C)C)N(C)C. The second-order valence-corrected chi connectivity index (χ2v) is 4.58. The van der Waals surface area contributed by atoms with Crippen molar-refractivity contribution in [2.45, 2.75) is 40.2 Å². The van der Waals surface area contributed by atoms with Crippen molar-refractivity contribution in [1.82, 2.24) is 4.90 Å². The van der Waals surface area contributed by atoms with E-state index >= 15 is 0 Å². The summed E-state index contributed by atoms with van der Waals surface area (Å²) in [5, 5.41) is 0. The van der Waals surface area contributed by atoms with Gasteiger partial charge in [0.25, 0.3) is 0 Å². The predicted molar refractivity (Wildman–Crippen MR) is 47.2 cm³/mol. The Morgan fingerprint density at radius 1 is 1.20 bits per heavy atom. The molecule has 0 rings (SSSR count). The molecule has 0 fully saturated rings. The number of hydrogen-bond donors (Lipinski definition) is 0. The first-order valence-electron chi connectivity index (χ1n) is 3.99. The molecule has 0 aromatic heterocycles. The molecule has 0 N–H and O–H groups in total. The van der Waals surface area contributed by atoms with Crippen molar-refractivity contribution >= 4 is 0 Å². The molecule has 0 spiro atoms. The van der Waals surface area contributed by atoms with Crippen LogP contribution in [0, 0.1) is 5.41 Å². The Kier molecular flexibility index (Phi) is 3.37. The first kappa shape index (κ1) is 9.96. The molecular weight excluding hydrogens is 122 g/mol. The largest absolute Gasteiger partial charge is 0.307 e. The first-order chi connectivity index (χ1) is 4.33. The van der Waals surface area contributed by atoms with Gasteiger partial charge in [-0.1, -0.05) is 20.8 Å². The Morgan fingerprint density at radius 3 is 1.70 bits per heavy atom. The summed E-state index contributed by atoms with van der Waals surface area (Å²) >= 11 is 0. The van der Waals surface area contributed by atoms with Crippen molar-refractivity contribution < 1.29 is 0 Å². The summed E-state index contributed by atoms with van der Waals surface area (Å²) in [5.74, 6) is 0. The van der Waals surface area contributed by atoms with E-state index in [1.807, 2.05) is 0 Å². The highest BCUT2D eigenvalue weighted by Crippen LogP contribution is 2.21. The van der Waals surface area contributed by atoms with Gasteiger partial charge < -0.3 is 4.90 Å². The summed E-state index contributed by atoms with van der Waals surface area (Å²) in [5.41, 5.74) is 0.462. The molecule has 0 aromatic carbocycles. The van der Waals surface area contributed by atoms with Gasteiger partial charge in [-0.3, -0.25) is 0 Å². The molecule has 0 amide bonds. The lowest BCUT2D eigenvalue weighted by Crippen LogP contribution is -2.28. The highest BCUT2D eigenvalue weighted by molar-refractivity contribution is 4.69. The van der Waals surface area contributed by atoms with Gasteiger partial charge in [-0.05, 0) is 32.9 Å². The van der Waals surface area contributed by atoms with Gasteiger partial charge in [-0.2, -0.15) is 0 Å². The zero-order chi connectivity index (χ0) is 8.36. The minimum atomic E-state index is 0.462. The lowest BCUT2D eigenvalue weighted by atomic mass is 9.88. The van der Waals surface area contributed by atoms with E-state index in [0.717, 1.165) is 0 Å². The van der Waals surface area contributed by atoms with Crippen LogP contribution in [0.15, 0.2) is 0 Å². The maximum absolute atomic E-state index is 2.28. The highest BCUT2D eigenvalue weighted by Gasteiger charge is 2.15. The molecule has 1 atom stereocenters. The molecular formula is C9H21N. The van der Waals surface area contributed by atoms with E-state index in [0.29, 0.717) is 11.5 Å². The topological polar surface area (TPSA) is 3.24 Å². The molecule has 0 heterocycles. The van der Waals surface area contributed by atoms with Gasteiger partial charge in [0.05, 0.1) is 0 Å². The summed E-state index contributed by atoms with van der Waals surface area (Å²) in [6, 6.07) is 0.694. The van der Waals surface area contributed by atoms with E-state index in [1.165, 1.54) is 6.42 Å². The molecule has 10 heavy (non-hydrogen) atoms. The van der Waals surface area contributed by atoms with Gasteiger partial charge in [-0.25, -0.2) is 0 Å². The van der Waals surface area contributed by atoms with Crippen molar-refractivity contribution in [2.24, 2.45) is 5.41 Å². The second-order valence-electron chi connectivity index (χ2n) is 4.58. The molecule has 0 aliphatic rings. The monoisotopic (exact) mass is 143 g/mol. The van der Waals surface area contributed by atoms with Crippen molar-refractivity contribution in [1.29, 1.82) is 0 Å². The van der Waals surface area contributed by atoms with Crippen molar-refractivity contribution in [3.63, 3.8) is 0 Å². The molecule has 62 valence electrons. The second kappa shape index (κ2) is 3.38. The van der Waals surface area contributed by atoms with E-state index in [1.54, 1.807) is 0 Å². The fourth-order valence-corrected chi connectivity index (χ4v) is 1.07. The summed E-state index contributed by atoms with van der Waals surface area (Å²) in [4.78, 5) is 2.27. The van der Waals surface area contributed by atoms with Crippen LogP contribution in [0.2, 0.25) is 0 Å². The minimum Gasteiger partial charge on any atom is -0.307 e. The van der Waals surface area contributed by atoms with Crippen LogP contribution in [0.5, 0.6) is 0 Å². The lowest BCUT2D eigenvalue weighted by molar-refractivity contribution is 0.224. The predicted octanol–water partition coefficient (Wildman–Crippen LogP) is 2.37. The van der Waals surface area contributed by atoms with Crippen LogP contribution in [0.3, 0.4) is 0 Å². The maximum Gasteiger partial charge on any atom is 0.00658 e. The summed E-state index contributed by atoms with van der Waals surface area (Å²) < 4.78 is 0. The molecule has 1 nitrogen and oxygen atoms in total. The van der Waals surface area contributed by atoms with Gasteiger partial charge in [0.15, 0.2) is 0 Å². The average molecular weight is 143 g/mol. The molecule has 0 saturated heterocycles. The summed E-state index contributed by atoms with van der Waals surface area (Å²) in [7, 11) is 4.27. The van der Waals surface area contributed by atoms with Crippen LogP contribution in [0.25, 0.3) is 0 Å². The first-order valence-corrected chi connectivity index (χ1v) is 3.99. The number of rotatable bonds is 2. The number of nitrogens with zero attached hydrogens (tertiary/aromatic N) is 1. The zero-order valence-electron chi connectivity index (χ0n) is 8.23. The Labute approximate surface area is 65.4 Å². The molecule has 0 aliphatic heterocycles. The Hall–Kier alpha value is -0.0400. The van der Waals surface area contributed by atoms with E-state index in [4.69, 9.17) is 0 Å². The van der Waals surface area contributed by atoms with Crippen LogP contribution in [-0.2, 0) is 0 Å². The highest BCUT2D eigenvalue weighted by atomic mass is 15.1. The normalized spacial score (nSPS) is 15.9. The van der Waals surface area contributed by atoms with E-state index < -0.39 is 0 Å². The third-order valence-corrected chi connectivity index (χ3v) is 1.79. The van der Waals surface area contributed by atoms with Crippen LogP contribution in [0.1, 0.15) is 34.1 Å². The van der Waals surface area contributed by atoms with Crippen molar-refractivity contribution in [3.8, 4) is 0 Å². The van der Waals surface area contributed by atoms with Crippen LogP contribution in [0.4, 0.5) is 0 Å². The van der Waals surface area contributed by atoms with Crippen LogP contribution >= 0.6 is 0 Å². The summed E-state index contributed by atoms with van der Waals surface area (Å²) in [6.45, 7) is 9.12. The molecule has 1 heteroatoms. The van der Waals surface area contributed by atoms with E-state index in [-0.39, 0.29) is 0 Å². The van der Waals surface area contributed by atoms with E-state index in [9.17, 15) is 0 Å². The number of hydrogen-bond acceptors (Lipinski definition) is 1. The third kappa shape index (κ3) is 4.80. The fourth-order valence-electron chi connectivity index (χ4n) is 1.07. The lowest BCUT2D eigenvalue weighted by Gasteiger charge is -2.27. The zero-order valence-corrected chi connectivity index (χ0v) is 8.23. The van der Waals surface area contributed by atoms with Gasteiger partial charge in [-0.15, -0.1) is 0 Å². The summed E-state index contributed by atoms with van der Waals surface area (Å²) in [6.07, 6.45) is 1.26. The smallest absolute Gasteiger partial charge is 0.00658 e. The molecule has 0 saturated carbocycles. The third-order valence-electron chi connectivity index (χ3n) is 1.79. The fraction of sp³-hybridized carbons (Fsp3) is 1.00. The Morgan fingerprint density at radius 2 is 1.60 bits per heavy atom. The molecule has 0 aromatic rings. The van der Waals surface area contributed by atoms with Gasteiger partial charge in [0.1, 0.15) is 0 Å². The minimum absolute atomic E-state index is 0.462. The maximum atomic E-state index is 2.28. The van der Waals surface area contributed by atoms with Gasteiger partial charge in [0, 0.05) is 6.04 Å². The molecule has 1 unspecified atom stereocenters. The molecule has 0 bridgehead atoms. The quantitative estimate of drug-likeness (QED) is 0.573. The molecule has 0 radical (unpaired) electrons. The average Bonchev–Trinajstić information content (AvgIpc) is 1.60. The van der Waals surface area contributed by atoms with Crippen LogP contribution < -0.4 is 0 Å². The van der Waals surface area contributed by atoms with Crippen molar-refractivity contribution in [3.05, 3.63) is 0 Å². The van der Waals surface area contributed by atoms with Gasteiger partial charge >= 0.3 is 0 Å². The van der Waals surface area contributed by atoms with E-state index in [2.05, 4.69) is 46.7 Å². The standard InChI is InChI=1S/C9H21N/c1-8(10(5)6)7-9(2,3)4/h8H,7H2,1-6H3. The Balaban J connectivity index is 3.68. The Bertz CT molecular complexity index is 89.4.